The number of nitrogens with one attached hydrogen (secondary N) is 1. The summed E-state index contributed by atoms with van der Waals surface area (Å²) in [4.78, 5) is 45.5. The van der Waals surface area contributed by atoms with Crippen LogP contribution in [0, 0.1) is 0 Å². The molecule has 2 saturated heterocycles. The Kier molecular flexibility index (Phi) is 6.64. The van der Waals surface area contributed by atoms with Crippen molar-refractivity contribution < 1.29 is 43.9 Å². The van der Waals surface area contributed by atoms with E-state index in [1.165, 1.54) is 23.4 Å². The van der Waals surface area contributed by atoms with Crippen LogP contribution < -0.4 is 11.3 Å². The van der Waals surface area contributed by atoms with Gasteiger partial charge in [0, 0.05) is 0 Å². The Hall–Kier alpha value is -3.39. The molecule has 2 fully saturated rings. The van der Waals surface area contributed by atoms with Gasteiger partial charge in [0.2, 0.25) is 5.95 Å². The van der Waals surface area contributed by atoms with Crippen molar-refractivity contribution in [2.45, 2.75) is 48.6 Å². The Morgan fingerprint density at radius 3 is 2.52 bits per heavy atom. The third-order valence-electron chi connectivity index (χ3n) is 6.89. The van der Waals surface area contributed by atoms with Crippen LogP contribution in [0.15, 0.2) is 30.0 Å². The number of ether oxygens (including phenoxy) is 2. The first-order chi connectivity index (χ1) is 19.1. The van der Waals surface area contributed by atoms with E-state index in [4.69, 9.17) is 19.7 Å². The molecule has 4 aromatic heterocycles. The van der Waals surface area contributed by atoms with Crippen molar-refractivity contribution in [3.63, 3.8) is 0 Å². The lowest BCUT2D eigenvalue weighted by Gasteiger charge is -2.27. The summed E-state index contributed by atoms with van der Waals surface area (Å²) in [7, 11) is -4.86. The molecule has 4 aromatic rings. The van der Waals surface area contributed by atoms with E-state index in [2.05, 4.69) is 29.9 Å². The third kappa shape index (κ3) is 4.28. The van der Waals surface area contributed by atoms with Gasteiger partial charge in [0.15, 0.2) is 29.3 Å². The number of nitrogens with two attached hydrogens (primary N) is 1. The van der Waals surface area contributed by atoms with Gasteiger partial charge in [-0.2, -0.15) is 4.98 Å². The zero-order valence-electron chi connectivity index (χ0n) is 20.3. The van der Waals surface area contributed by atoms with Crippen LogP contribution in [0.3, 0.4) is 0 Å². The maximum atomic E-state index is 13.5. The molecule has 9 atom stereocenters. The molecule has 0 bridgehead atoms. The number of aromatic amines is 1. The van der Waals surface area contributed by atoms with Crippen molar-refractivity contribution in [3.8, 4) is 0 Å². The molecule has 0 radical (unpaired) electrons. The third-order valence-corrected chi connectivity index (χ3v) is 8.73. The minimum Gasteiger partial charge on any atom is -0.394 e. The average molecular weight is 581 g/mol. The number of anilines is 1. The molecule has 8 N–H and O–H groups in total. The van der Waals surface area contributed by atoms with Gasteiger partial charge in [-0.3, -0.25) is 23.5 Å². The average Bonchev–Trinajstić information content (AvgIpc) is 3.67. The monoisotopic (exact) mass is 581 g/mol. The number of nitrogen functional groups attached to an aromatic ring is 1. The first-order valence-electron chi connectivity index (χ1n) is 11.9. The first kappa shape index (κ1) is 26.8. The highest BCUT2D eigenvalue weighted by molar-refractivity contribution is 7.53. The summed E-state index contributed by atoms with van der Waals surface area (Å²) in [6.45, 7) is -1.39. The molecule has 0 aliphatic carbocycles. The number of hydrogen-bond donors (Lipinski definition) is 7. The number of nitrogens with zero attached hydrogens (tertiary/aromatic N) is 7. The standard InChI is InChI=1S/C20H24N9O10P/c21-20-26-16-10(17(34)27-20)25-6-29(16)19-14(12(32)8(2-30)38-19)40(35,36)37-3-9-11(31)13(33)18(39-9)28-5-24-7-1-22-4-23-15(7)28/h1,4-6,8-9,11-14,18-19,30-33H,2-3H2,(H,35,36)(H3,21,26,27,34)/t8?,9-,11-,12-,13-,14-,18-,19-/m1/s1. The first-order valence-corrected chi connectivity index (χ1v) is 13.5. The van der Waals surface area contributed by atoms with E-state index in [-0.39, 0.29) is 17.1 Å². The highest BCUT2D eigenvalue weighted by Crippen LogP contribution is 2.57. The summed E-state index contributed by atoms with van der Waals surface area (Å²) in [6.07, 6.45) is -4.73. The number of imidazole rings is 2. The van der Waals surface area contributed by atoms with Crippen molar-refractivity contribution in [2.75, 3.05) is 18.9 Å². The minimum absolute atomic E-state index is 0.0982. The molecule has 0 aromatic carbocycles. The minimum atomic E-state index is -4.86. The number of aromatic nitrogens is 8. The molecule has 6 rings (SSSR count). The van der Waals surface area contributed by atoms with Gasteiger partial charge in [-0.1, -0.05) is 0 Å². The molecule has 2 aliphatic rings. The Labute approximate surface area is 222 Å². The maximum absolute atomic E-state index is 13.5. The van der Waals surface area contributed by atoms with Crippen LogP contribution in [0.4, 0.5) is 5.95 Å². The van der Waals surface area contributed by atoms with Crippen LogP contribution in [0.5, 0.6) is 0 Å². The van der Waals surface area contributed by atoms with Gasteiger partial charge < -0.3 is 45.1 Å². The summed E-state index contributed by atoms with van der Waals surface area (Å²) in [5, 5.41) is 41.7. The molecule has 2 aliphatic heterocycles. The molecule has 0 saturated carbocycles. The van der Waals surface area contributed by atoms with E-state index in [1.54, 1.807) is 0 Å². The maximum Gasteiger partial charge on any atom is 0.338 e. The highest BCUT2D eigenvalue weighted by Gasteiger charge is 2.55. The van der Waals surface area contributed by atoms with Crippen LogP contribution >= 0.6 is 7.60 Å². The molecule has 40 heavy (non-hydrogen) atoms. The van der Waals surface area contributed by atoms with Crippen molar-refractivity contribution in [1.29, 1.82) is 0 Å². The number of fused-ring (bicyclic) bond motifs is 2. The van der Waals surface area contributed by atoms with Crippen LogP contribution in [0.2, 0.25) is 0 Å². The van der Waals surface area contributed by atoms with Crippen LogP contribution in [0.1, 0.15) is 12.5 Å². The predicted octanol–water partition coefficient (Wildman–Crippen LogP) is -3.02. The molecule has 0 spiro atoms. The Balaban J connectivity index is 1.25. The van der Waals surface area contributed by atoms with E-state index in [0.29, 0.717) is 11.2 Å². The lowest BCUT2D eigenvalue weighted by atomic mass is 10.1. The van der Waals surface area contributed by atoms with Crippen molar-refractivity contribution in [1.82, 2.24) is 39.0 Å². The van der Waals surface area contributed by atoms with Gasteiger partial charge in [0.25, 0.3) is 5.56 Å². The second-order valence-corrected chi connectivity index (χ2v) is 11.3. The van der Waals surface area contributed by atoms with E-state index in [9.17, 15) is 34.7 Å². The second-order valence-electron chi connectivity index (χ2n) is 9.29. The summed E-state index contributed by atoms with van der Waals surface area (Å²) in [5.41, 5.74) is 3.76. The number of hydrogen-bond acceptors (Lipinski definition) is 15. The van der Waals surface area contributed by atoms with Crippen LogP contribution in [0.25, 0.3) is 22.3 Å². The van der Waals surface area contributed by atoms with E-state index >= 15 is 0 Å². The molecule has 0 amide bonds. The highest BCUT2D eigenvalue weighted by atomic mass is 31.2. The molecule has 214 valence electrons. The van der Waals surface area contributed by atoms with Gasteiger partial charge in [-0.05, 0) is 0 Å². The number of aliphatic hydroxyl groups excluding tert-OH is 4. The van der Waals surface area contributed by atoms with E-state index in [0.717, 1.165) is 10.9 Å². The second kappa shape index (κ2) is 9.91. The van der Waals surface area contributed by atoms with Crippen molar-refractivity contribution in [2.24, 2.45) is 0 Å². The van der Waals surface area contributed by atoms with Crippen LogP contribution in [-0.4, -0.2) is 114 Å². The molecule has 20 heteroatoms. The Bertz CT molecular complexity index is 1660. The van der Waals surface area contributed by atoms with Crippen molar-refractivity contribution in [3.05, 3.63) is 35.5 Å². The Morgan fingerprint density at radius 1 is 1.02 bits per heavy atom. The summed E-state index contributed by atoms with van der Waals surface area (Å²) in [6, 6.07) is 0. The predicted molar refractivity (Wildman–Crippen MR) is 130 cm³/mol. The molecule has 2 unspecified atom stereocenters. The lowest BCUT2D eigenvalue weighted by Crippen LogP contribution is -2.36. The van der Waals surface area contributed by atoms with Gasteiger partial charge in [0.1, 0.15) is 48.0 Å². The fraction of sp³-hybridized carbons (Fsp3) is 0.500. The lowest BCUT2D eigenvalue weighted by molar-refractivity contribution is -0.0496. The topological polar surface area (TPSA) is 279 Å². The SMILES string of the molecule is Nc1nc2c(ncn2[C@@H]2OC(CO)[C@@H](O)[C@H]2P(=O)(O)OC[C@H]2O[C@@H](n3cnc4cncnc43)[C@H](O)[C@@H]2O)c(=O)[nH]1. The fourth-order valence-electron chi connectivity index (χ4n) is 4.93. The summed E-state index contributed by atoms with van der Waals surface area (Å²) < 4.78 is 32.7. The molecular weight excluding hydrogens is 557 g/mol. The molecule has 19 nitrogen and oxygen atoms in total. The number of aliphatic hydroxyl groups is 4. The molecular formula is C20H24N9O10P. The largest absolute Gasteiger partial charge is 0.394 e. The smallest absolute Gasteiger partial charge is 0.338 e. The van der Waals surface area contributed by atoms with Gasteiger partial charge in [0.05, 0.1) is 32.1 Å². The van der Waals surface area contributed by atoms with Crippen LogP contribution in [-0.2, 0) is 18.6 Å². The van der Waals surface area contributed by atoms with Gasteiger partial charge in [-0.15, -0.1) is 0 Å². The van der Waals surface area contributed by atoms with E-state index < -0.39 is 75.0 Å². The summed E-state index contributed by atoms with van der Waals surface area (Å²) >= 11 is 0. The number of H-pyrrole nitrogens is 1. The van der Waals surface area contributed by atoms with Gasteiger partial charge >= 0.3 is 7.60 Å². The number of rotatable bonds is 7. The fourth-order valence-corrected chi connectivity index (χ4v) is 6.57. The van der Waals surface area contributed by atoms with Gasteiger partial charge in [-0.25, -0.2) is 19.9 Å². The quantitative estimate of drug-likeness (QED) is 0.107. The van der Waals surface area contributed by atoms with E-state index in [1.807, 2.05) is 0 Å². The molecule has 6 heterocycles. The van der Waals surface area contributed by atoms with Crippen molar-refractivity contribution >= 4 is 35.9 Å². The Morgan fingerprint density at radius 2 is 1.75 bits per heavy atom. The zero-order chi connectivity index (χ0) is 28.3. The normalized spacial score (nSPS) is 32.2. The zero-order valence-corrected chi connectivity index (χ0v) is 21.2. The summed E-state index contributed by atoms with van der Waals surface area (Å²) in [5.74, 6) is -0.255.